The first-order chi connectivity index (χ1) is 8.72. The van der Waals surface area contributed by atoms with Crippen molar-refractivity contribution >= 4 is 11.6 Å². The monoisotopic (exact) mass is 248 g/mol. The van der Waals surface area contributed by atoms with Crippen molar-refractivity contribution in [2.24, 2.45) is 5.92 Å². The van der Waals surface area contributed by atoms with Gasteiger partial charge in [-0.05, 0) is 32.1 Å². The maximum absolute atomic E-state index is 5.89. The lowest BCUT2D eigenvalue weighted by molar-refractivity contribution is 0.328. The van der Waals surface area contributed by atoms with E-state index in [1.165, 1.54) is 32.1 Å². The van der Waals surface area contributed by atoms with Crippen LogP contribution in [0.25, 0.3) is 0 Å². The Balaban J connectivity index is 2.06. The number of aromatic nitrogens is 2. The number of hydrogen-bond acceptors (Lipinski definition) is 4. The molecule has 0 spiro atoms. The average Bonchev–Trinajstić information content (AvgIpc) is 2.40. The number of nitrogens with zero attached hydrogens (tertiary/aromatic N) is 2. The van der Waals surface area contributed by atoms with Crippen molar-refractivity contribution in [2.45, 2.75) is 58.4 Å². The van der Waals surface area contributed by atoms with Crippen LogP contribution in [0.1, 0.15) is 51.5 Å². The molecule has 1 aliphatic rings. The van der Waals surface area contributed by atoms with E-state index < -0.39 is 0 Å². The summed E-state index contributed by atoms with van der Waals surface area (Å²) in [6.07, 6.45) is 9.19. The Hall–Kier alpha value is -1.32. The van der Waals surface area contributed by atoms with Gasteiger partial charge >= 0.3 is 0 Å². The zero-order chi connectivity index (χ0) is 13.0. The predicted octanol–water partition coefficient (Wildman–Crippen LogP) is 3.00. The van der Waals surface area contributed by atoms with Crippen LogP contribution < -0.4 is 11.1 Å². The van der Waals surface area contributed by atoms with E-state index in [4.69, 9.17) is 5.73 Å². The van der Waals surface area contributed by atoms with Gasteiger partial charge in [-0.15, -0.1) is 0 Å². The van der Waals surface area contributed by atoms with E-state index in [0.717, 1.165) is 23.7 Å². The minimum absolute atomic E-state index is 0.463. The van der Waals surface area contributed by atoms with Crippen molar-refractivity contribution in [3.63, 3.8) is 0 Å². The molecule has 1 aliphatic carbocycles. The highest BCUT2D eigenvalue weighted by molar-refractivity contribution is 5.55. The van der Waals surface area contributed by atoms with Gasteiger partial charge in [-0.3, -0.25) is 0 Å². The third kappa shape index (κ3) is 2.92. The van der Waals surface area contributed by atoms with E-state index in [1.807, 2.05) is 0 Å². The summed E-state index contributed by atoms with van der Waals surface area (Å²) in [5.41, 5.74) is 6.94. The summed E-state index contributed by atoms with van der Waals surface area (Å²) in [7, 11) is 0. The number of nitrogen functional groups attached to an aromatic ring is 1. The second-order valence-electron chi connectivity index (χ2n) is 5.27. The molecule has 100 valence electrons. The first-order valence-corrected chi connectivity index (χ1v) is 7.08. The Morgan fingerprint density at radius 3 is 2.72 bits per heavy atom. The van der Waals surface area contributed by atoms with Gasteiger partial charge in [0.1, 0.15) is 18.0 Å². The molecule has 0 aliphatic heterocycles. The number of nitrogens with one attached hydrogen (secondary N) is 1. The average molecular weight is 248 g/mol. The largest absolute Gasteiger partial charge is 0.383 e. The van der Waals surface area contributed by atoms with E-state index in [1.54, 1.807) is 6.33 Å². The SMILES string of the molecule is CCc1c(N)ncnc1NC(C)C1CCCCC1. The van der Waals surface area contributed by atoms with Crippen LogP contribution in [-0.4, -0.2) is 16.0 Å². The van der Waals surface area contributed by atoms with Crippen LogP contribution in [-0.2, 0) is 6.42 Å². The van der Waals surface area contributed by atoms with Crippen molar-refractivity contribution in [3.05, 3.63) is 11.9 Å². The molecule has 1 atom stereocenters. The van der Waals surface area contributed by atoms with Crippen LogP contribution in [0.4, 0.5) is 11.6 Å². The van der Waals surface area contributed by atoms with Crippen molar-refractivity contribution in [2.75, 3.05) is 11.1 Å². The van der Waals surface area contributed by atoms with E-state index >= 15 is 0 Å². The number of anilines is 2. The van der Waals surface area contributed by atoms with E-state index in [9.17, 15) is 0 Å². The van der Waals surface area contributed by atoms with Crippen LogP contribution >= 0.6 is 0 Å². The first-order valence-electron chi connectivity index (χ1n) is 7.08. The summed E-state index contributed by atoms with van der Waals surface area (Å²) in [4.78, 5) is 8.40. The molecule has 0 amide bonds. The number of hydrogen-bond donors (Lipinski definition) is 2. The molecule has 1 heterocycles. The minimum atomic E-state index is 0.463. The maximum Gasteiger partial charge on any atom is 0.134 e. The molecule has 1 fully saturated rings. The summed E-state index contributed by atoms with van der Waals surface area (Å²) in [6.45, 7) is 4.35. The molecule has 4 nitrogen and oxygen atoms in total. The summed E-state index contributed by atoms with van der Waals surface area (Å²) in [6, 6.07) is 0.463. The summed E-state index contributed by atoms with van der Waals surface area (Å²) < 4.78 is 0. The van der Waals surface area contributed by atoms with Crippen molar-refractivity contribution in [3.8, 4) is 0 Å². The highest BCUT2D eigenvalue weighted by atomic mass is 15.1. The zero-order valence-electron chi connectivity index (χ0n) is 11.4. The normalized spacial score (nSPS) is 18.6. The quantitative estimate of drug-likeness (QED) is 0.859. The van der Waals surface area contributed by atoms with Gasteiger partial charge < -0.3 is 11.1 Å². The van der Waals surface area contributed by atoms with Gasteiger partial charge in [-0.1, -0.05) is 26.2 Å². The molecule has 3 N–H and O–H groups in total. The van der Waals surface area contributed by atoms with Crippen LogP contribution in [0.3, 0.4) is 0 Å². The fraction of sp³-hybridized carbons (Fsp3) is 0.714. The van der Waals surface area contributed by atoms with Crippen molar-refractivity contribution in [1.29, 1.82) is 0 Å². The molecule has 18 heavy (non-hydrogen) atoms. The third-order valence-corrected chi connectivity index (χ3v) is 4.05. The molecule has 1 saturated carbocycles. The molecule has 0 bridgehead atoms. The van der Waals surface area contributed by atoms with Gasteiger partial charge in [0, 0.05) is 11.6 Å². The van der Waals surface area contributed by atoms with Gasteiger partial charge in [-0.25, -0.2) is 9.97 Å². The third-order valence-electron chi connectivity index (χ3n) is 4.05. The van der Waals surface area contributed by atoms with Crippen LogP contribution in [0, 0.1) is 5.92 Å². The van der Waals surface area contributed by atoms with Gasteiger partial charge in [0.05, 0.1) is 0 Å². The molecule has 1 unspecified atom stereocenters. The minimum Gasteiger partial charge on any atom is -0.383 e. The molecule has 2 rings (SSSR count). The van der Waals surface area contributed by atoms with E-state index in [2.05, 4.69) is 29.1 Å². The lowest BCUT2D eigenvalue weighted by Gasteiger charge is -2.29. The summed E-state index contributed by atoms with van der Waals surface area (Å²) in [5.74, 6) is 2.29. The number of rotatable bonds is 4. The molecule has 0 saturated heterocycles. The fourth-order valence-electron chi connectivity index (χ4n) is 2.87. The summed E-state index contributed by atoms with van der Waals surface area (Å²) in [5, 5.41) is 3.54. The second kappa shape index (κ2) is 6.03. The Bertz CT molecular complexity index is 385. The fourth-order valence-corrected chi connectivity index (χ4v) is 2.87. The van der Waals surface area contributed by atoms with Gasteiger partial charge in [0.2, 0.25) is 0 Å². The van der Waals surface area contributed by atoms with Gasteiger partial charge in [-0.2, -0.15) is 0 Å². The predicted molar refractivity (Wildman–Crippen MR) is 75.5 cm³/mol. The standard InChI is InChI=1S/C14H24N4/c1-3-12-13(15)16-9-17-14(12)18-10(2)11-7-5-4-6-8-11/h9-11H,3-8H2,1-2H3,(H3,15,16,17,18). The topological polar surface area (TPSA) is 63.8 Å². The Labute approximate surface area is 109 Å². The molecular weight excluding hydrogens is 224 g/mol. The Kier molecular flexibility index (Phi) is 4.39. The van der Waals surface area contributed by atoms with Crippen molar-refractivity contribution < 1.29 is 0 Å². The van der Waals surface area contributed by atoms with E-state index in [-0.39, 0.29) is 0 Å². The highest BCUT2D eigenvalue weighted by Gasteiger charge is 2.21. The van der Waals surface area contributed by atoms with Crippen molar-refractivity contribution in [1.82, 2.24) is 9.97 Å². The second-order valence-corrected chi connectivity index (χ2v) is 5.27. The van der Waals surface area contributed by atoms with Gasteiger partial charge in [0.25, 0.3) is 0 Å². The molecule has 4 heteroatoms. The lowest BCUT2D eigenvalue weighted by atomic mass is 9.84. The molecule has 1 aromatic rings. The highest BCUT2D eigenvalue weighted by Crippen LogP contribution is 2.28. The van der Waals surface area contributed by atoms with Crippen LogP contribution in [0.2, 0.25) is 0 Å². The molecule has 0 aromatic carbocycles. The molecule has 1 aromatic heterocycles. The van der Waals surface area contributed by atoms with Crippen LogP contribution in [0.15, 0.2) is 6.33 Å². The number of nitrogens with two attached hydrogens (primary N) is 1. The Morgan fingerprint density at radius 2 is 2.06 bits per heavy atom. The molecule has 0 radical (unpaired) electrons. The first kappa shape index (κ1) is 13.1. The molecular formula is C14H24N4. The van der Waals surface area contributed by atoms with Crippen LogP contribution in [0.5, 0.6) is 0 Å². The van der Waals surface area contributed by atoms with Gasteiger partial charge in [0.15, 0.2) is 0 Å². The smallest absolute Gasteiger partial charge is 0.134 e. The summed E-state index contributed by atoms with van der Waals surface area (Å²) >= 11 is 0. The zero-order valence-corrected chi connectivity index (χ0v) is 11.4. The lowest BCUT2D eigenvalue weighted by Crippen LogP contribution is -2.28. The Morgan fingerprint density at radius 1 is 1.33 bits per heavy atom. The maximum atomic E-state index is 5.89. The van der Waals surface area contributed by atoms with E-state index in [0.29, 0.717) is 11.9 Å².